The fourth-order valence-electron chi connectivity index (χ4n) is 2.83. The topological polar surface area (TPSA) is 48.5 Å². The lowest BCUT2D eigenvalue weighted by Crippen LogP contribution is -2.11. The van der Waals surface area contributed by atoms with E-state index < -0.39 is 0 Å². The molecule has 5 nitrogen and oxygen atoms in total. The smallest absolute Gasteiger partial charge is 0.354 e. The zero-order valence-electron chi connectivity index (χ0n) is 12.8. The number of pyridine rings is 1. The Morgan fingerprint density at radius 2 is 2.22 bits per heavy atom. The fourth-order valence-corrected chi connectivity index (χ4v) is 3.80. The third-order valence-electron chi connectivity index (χ3n) is 3.84. The van der Waals surface area contributed by atoms with Gasteiger partial charge in [0.25, 0.3) is 0 Å². The Morgan fingerprint density at radius 1 is 1.35 bits per heavy atom. The van der Waals surface area contributed by atoms with Crippen LogP contribution in [-0.2, 0) is 11.3 Å². The van der Waals surface area contributed by atoms with Crippen molar-refractivity contribution in [1.29, 1.82) is 0 Å². The summed E-state index contributed by atoms with van der Waals surface area (Å²) in [6.45, 7) is 2.60. The van der Waals surface area contributed by atoms with Crippen LogP contribution < -0.4 is 0 Å². The second-order valence-corrected chi connectivity index (χ2v) is 6.70. The lowest BCUT2D eigenvalue weighted by molar-refractivity contribution is 0.0589. The van der Waals surface area contributed by atoms with Crippen LogP contribution in [0.2, 0.25) is 0 Å². The summed E-state index contributed by atoms with van der Waals surface area (Å²) in [6, 6.07) is 9.89. The third kappa shape index (κ3) is 2.31. The Balaban J connectivity index is 1.84. The molecule has 23 heavy (non-hydrogen) atoms. The first kappa shape index (κ1) is 14.0. The molecule has 0 saturated heterocycles. The molecule has 0 fully saturated rings. The summed E-state index contributed by atoms with van der Waals surface area (Å²) in [4.78, 5) is 17.9. The molecule has 0 aliphatic carbocycles. The van der Waals surface area contributed by atoms with Gasteiger partial charge in [-0.1, -0.05) is 6.07 Å². The van der Waals surface area contributed by atoms with E-state index in [1.165, 1.54) is 12.0 Å². The van der Waals surface area contributed by atoms with Gasteiger partial charge in [0, 0.05) is 17.3 Å². The number of esters is 1. The lowest BCUT2D eigenvalue weighted by Gasteiger charge is -2.07. The predicted octanol–water partition coefficient (Wildman–Crippen LogP) is 3.49. The van der Waals surface area contributed by atoms with Crippen molar-refractivity contribution in [2.24, 2.45) is 0 Å². The zero-order chi connectivity index (χ0) is 16.0. The number of thiophene rings is 1. The van der Waals surface area contributed by atoms with Gasteiger partial charge >= 0.3 is 5.97 Å². The molecule has 0 N–H and O–H groups in total. The first-order valence-corrected chi connectivity index (χ1v) is 8.08. The third-order valence-corrected chi connectivity index (χ3v) is 4.83. The van der Waals surface area contributed by atoms with Crippen molar-refractivity contribution < 1.29 is 9.53 Å². The minimum absolute atomic E-state index is 0.324. The predicted molar refractivity (Wildman–Crippen MR) is 90.2 cm³/mol. The van der Waals surface area contributed by atoms with Gasteiger partial charge in [-0.25, -0.2) is 9.78 Å². The van der Waals surface area contributed by atoms with Gasteiger partial charge in [-0.3, -0.25) is 0 Å². The summed E-state index contributed by atoms with van der Waals surface area (Å²) in [6.07, 6.45) is 3.95. The number of fused-ring (bicyclic) bond motifs is 2. The summed E-state index contributed by atoms with van der Waals surface area (Å²) in [5.74, 6) is -0.324. The summed E-state index contributed by atoms with van der Waals surface area (Å²) >= 11 is 1.68. The van der Waals surface area contributed by atoms with Crippen LogP contribution >= 0.6 is 11.3 Å². The maximum absolute atomic E-state index is 12.1. The molecule has 116 valence electrons. The molecule has 6 heteroatoms. The van der Waals surface area contributed by atoms with E-state index >= 15 is 0 Å². The Kier molecular flexibility index (Phi) is 3.20. The Bertz CT molecular complexity index is 992. The highest BCUT2D eigenvalue weighted by Crippen LogP contribution is 2.29. The second-order valence-electron chi connectivity index (χ2n) is 5.41. The molecule has 0 aliphatic rings. The average molecular weight is 325 g/mol. The highest BCUT2D eigenvalue weighted by molar-refractivity contribution is 7.19. The number of nitrogens with zero attached hydrogens (tertiary/aromatic N) is 3. The zero-order valence-corrected chi connectivity index (χ0v) is 13.6. The van der Waals surface area contributed by atoms with E-state index in [9.17, 15) is 4.79 Å². The van der Waals surface area contributed by atoms with Gasteiger partial charge in [-0.2, -0.15) is 0 Å². The first-order valence-electron chi connectivity index (χ1n) is 7.26. The molecular formula is C17H15N3O2S. The van der Waals surface area contributed by atoms with E-state index in [1.807, 2.05) is 45.6 Å². The van der Waals surface area contributed by atoms with Crippen LogP contribution in [0.25, 0.3) is 15.9 Å². The molecule has 0 spiro atoms. The number of carbonyl (C=O) groups is 1. The Morgan fingerprint density at radius 3 is 3.00 bits per heavy atom. The number of ether oxygens (including phenoxy) is 1. The molecular weight excluding hydrogens is 310 g/mol. The van der Waals surface area contributed by atoms with Gasteiger partial charge in [0.2, 0.25) is 0 Å². The SMILES string of the molecule is COC(=O)c1cc2sc(C)cc2n1Cc1cn2ccccc2n1. The van der Waals surface area contributed by atoms with E-state index in [2.05, 4.69) is 18.0 Å². The molecule has 4 aromatic rings. The molecule has 0 amide bonds. The molecule has 0 unspecified atom stereocenters. The number of carbonyl (C=O) groups excluding carboxylic acids is 1. The van der Waals surface area contributed by atoms with Crippen molar-refractivity contribution in [3.63, 3.8) is 0 Å². The molecule has 4 heterocycles. The second kappa shape index (κ2) is 5.24. The van der Waals surface area contributed by atoms with Crippen molar-refractivity contribution in [3.05, 3.63) is 59.0 Å². The Labute approximate surface area is 136 Å². The summed E-state index contributed by atoms with van der Waals surface area (Å²) in [7, 11) is 1.41. The average Bonchev–Trinajstić information content (AvgIpc) is 3.19. The maximum atomic E-state index is 12.1. The Hall–Kier alpha value is -2.60. The number of aryl methyl sites for hydroxylation is 1. The highest BCUT2D eigenvalue weighted by Gasteiger charge is 2.18. The van der Waals surface area contributed by atoms with Crippen LogP contribution in [-0.4, -0.2) is 27.0 Å². The largest absolute Gasteiger partial charge is 0.464 e. The standard InChI is InChI=1S/C17H15N3O2S/c1-11-7-13-15(23-11)8-14(17(21)22-2)20(13)10-12-9-19-6-4-3-5-16(19)18-12/h3-9H,10H2,1-2H3. The van der Waals surface area contributed by atoms with Gasteiger partial charge in [0.1, 0.15) is 11.3 Å². The molecule has 0 bridgehead atoms. The number of aromatic nitrogens is 3. The van der Waals surface area contributed by atoms with Crippen LogP contribution in [0.15, 0.2) is 42.7 Å². The lowest BCUT2D eigenvalue weighted by atomic mass is 10.4. The molecule has 4 rings (SSSR count). The van der Waals surface area contributed by atoms with Crippen molar-refractivity contribution in [2.45, 2.75) is 13.5 Å². The summed E-state index contributed by atoms with van der Waals surface area (Å²) < 4.78 is 9.97. The van der Waals surface area contributed by atoms with Crippen molar-refractivity contribution >= 4 is 33.2 Å². The fraction of sp³-hybridized carbons (Fsp3) is 0.176. The number of hydrogen-bond donors (Lipinski definition) is 0. The normalized spacial score (nSPS) is 11.4. The molecule has 0 aromatic carbocycles. The van der Waals surface area contributed by atoms with Gasteiger partial charge in [-0.15, -0.1) is 11.3 Å². The molecule has 0 radical (unpaired) electrons. The van der Waals surface area contributed by atoms with Crippen molar-refractivity contribution in [2.75, 3.05) is 7.11 Å². The van der Waals surface area contributed by atoms with Gasteiger partial charge in [-0.05, 0) is 31.2 Å². The van der Waals surface area contributed by atoms with Crippen molar-refractivity contribution in [3.8, 4) is 0 Å². The van der Waals surface area contributed by atoms with E-state index in [1.54, 1.807) is 11.3 Å². The van der Waals surface area contributed by atoms with E-state index in [0.717, 1.165) is 21.6 Å². The van der Waals surface area contributed by atoms with Crippen LogP contribution in [0.3, 0.4) is 0 Å². The van der Waals surface area contributed by atoms with Gasteiger partial charge in [0.15, 0.2) is 0 Å². The molecule has 0 aliphatic heterocycles. The molecule has 0 atom stereocenters. The monoisotopic (exact) mass is 325 g/mol. The summed E-state index contributed by atoms with van der Waals surface area (Å²) in [5.41, 5.74) is 3.41. The van der Waals surface area contributed by atoms with Crippen LogP contribution in [0.5, 0.6) is 0 Å². The number of rotatable bonds is 3. The van der Waals surface area contributed by atoms with Crippen molar-refractivity contribution in [1.82, 2.24) is 14.0 Å². The van der Waals surface area contributed by atoms with E-state index in [4.69, 9.17) is 4.74 Å². The van der Waals surface area contributed by atoms with Crippen LogP contribution in [0, 0.1) is 6.92 Å². The van der Waals surface area contributed by atoms with Gasteiger partial charge < -0.3 is 13.7 Å². The maximum Gasteiger partial charge on any atom is 0.354 e. The number of hydrogen-bond acceptors (Lipinski definition) is 4. The molecule has 0 saturated carbocycles. The number of methoxy groups -OCH3 is 1. The van der Waals surface area contributed by atoms with Gasteiger partial charge in [0.05, 0.1) is 29.6 Å². The van der Waals surface area contributed by atoms with E-state index in [-0.39, 0.29) is 5.97 Å². The minimum Gasteiger partial charge on any atom is -0.464 e. The number of imidazole rings is 1. The first-order chi connectivity index (χ1) is 11.2. The van der Waals surface area contributed by atoms with Crippen LogP contribution in [0.1, 0.15) is 21.1 Å². The van der Waals surface area contributed by atoms with Crippen LogP contribution in [0.4, 0.5) is 0 Å². The molecule has 4 aromatic heterocycles. The quantitative estimate of drug-likeness (QED) is 0.542. The van der Waals surface area contributed by atoms with E-state index in [0.29, 0.717) is 12.2 Å². The summed E-state index contributed by atoms with van der Waals surface area (Å²) in [5, 5.41) is 0. The highest BCUT2D eigenvalue weighted by atomic mass is 32.1. The minimum atomic E-state index is -0.324.